The number of amides is 1. The second-order valence-corrected chi connectivity index (χ2v) is 6.11. The zero-order chi connectivity index (χ0) is 17.2. The molecule has 25 heavy (non-hydrogen) atoms. The summed E-state index contributed by atoms with van der Waals surface area (Å²) in [4.78, 5) is 12.4. The van der Waals surface area contributed by atoms with E-state index in [9.17, 15) is 9.90 Å². The lowest BCUT2D eigenvalue weighted by Crippen LogP contribution is -2.14. The molecular formula is C22H17NO2. The first-order valence-corrected chi connectivity index (χ1v) is 8.18. The van der Waals surface area contributed by atoms with Crippen molar-refractivity contribution in [2.75, 3.05) is 5.32 Å². The standard InChI is InChI=1S/C22H17NO2/c24-21-13-18-8-4-3-6-16(18)11-19(21)14-22(25)23-20-10-9-15-5-1-2-7-17(15)12-20/h1-13,24H,14H2,(H,23,25). The monoisotopic (exact) mass is 327 g/mol. The molecule has 4 rings (SSSR count). The number of hydrogen-bond acceptors (Lipinski definition) is 2. The fourth-order valence-corrected chi connectivity index (χ4v) is 3.06. The predicted molar refractivity (Wildman–Crippen MR) is 102 cm³/mol. The number of benzene rings is 4. The molecule has 0 heterocycles. The van der Waals surface area contributed by atoms with Crippen LogP contribution in [0, 0.1) is 0 Å². The zero-order valence-corrected chi connectivity index (χ0v) is 13.6. The molecule has 0 spiro atoms. The second kappa shape index (κ2) is 6.29. The summed E-state index contributed by atoms with van der Waals surface area (Å²) in [7, 11) is 0. The van der Waals surface area contributed by atoms with Crippen molar-refractivity contribution in [3.8, 4) is 5.75 Å². The van der Waals surface area contributed by atoms with Gasteiger partial charge in [0.15, 0.2) is 0 Å². The molecule has 0 saturated heterocycles. The van der Waals surface area contributed by atoms with Crippen LogP contribution in [0.2, 0.25) is 0 Å². The van der Waals surface area contributed by atoms with E-state index in [1.165, 1.54) is 0 Å². The molecule has 2 N–H and O–H groups in total. The molecule has 1 amide bonds. The smallest absolute Gasteiger partial charge is 0.228 e. The largest absolute Gasteiger partial charge is 0.508 e. The van der Waals surface area contributed by atoms with Gasteiger partial charge in [-0.05, 0) is 45.8 Å². The fraction of sp³-hybridized carbons (Fsp3) is 0.0455. The van der Waals surface area contributed by atoms with Crippen LogP contribution >= 0.6 is 0 Å². The minimum atomic E-state index is -0.152. The van der Waals surface area contributed by atoms with Crippen LogP contribution < -0.4 is 5.32 Å². The highest BCUT2D eigenvalue weighted by Crippen LogP contribution is 2.26. The van der Waals surface area contributed by atoms with E-state index in [1.54, 1.807) is 6.07 Å². The Kier molecular flexibility index (Phi) is 3.82. The number of rotatable bonds is 3. The molecule has 0 atom stereocenters. The summed E-state index contributed by atoms with van der Waals surface area (Å²) in [6.45, 7) is 0. The summed E-state index contributed by atoms with van der Waals surface area (Å²) < 4.78 is 0. The Labute approximate surface area is 145 Å². The Morgan fingerprint density at radius 3 is 2.08 bits per heavy atom. The molecule has 0 saturated carbocycles. The van der Waals surface area contributed by atoms with E-state index in [2.05, 4.69) is 5.32 Å². The molecule has 0 fully saturated rings. The first-order valence-electron chi connectivity index (χ1n) is 8.18. The van der Waals surface area contributed by atoms with E-state index < -0.39 is 0 Å². The van der Waals surface area contributed by atoms with Crippen LogP contribution in [0.3, 0.4) is 0 Å². The number of carbonyl (C=O) groups excluding carboxylic acids is 1. The van der Waals surface area contributed by atoms with Crippen molar-refractivity contribution in [2.45, 2.75) is 6.42 Å². The molecule has 122 valence electrons. The van der Waals surface area contributed by atoms with E-state index in [0.717, 1.165) is 27.2 Å². The van der Waals surface area contributed by atoms with E-state index in [4.69, 9.17) is 0 Å². The van der Waals surface area contributed by atoms with Gasteiger partial charge in [0.05, 0.1) is 6.42 Å². The van der Waals surface area contributed by atoms with Gasteiger partial charge in [-0.3, -0.25) is 4.79 Å². The lowest BCUT2D eigenvalue weighted by atomic mass is 10.0. The third-order valence-corrected chi connectivity index (χ3v) is 4.33. The van der Waals surface area contributed by atoms with Gasteiger partial charge in [-0.15, -0.1) is 0 Å². The highest BCUT2D eigenvalue weighted by Gasteiger charge is 2.10. The average Bonchev–Trinajstić information content (AvgIpc) is 2.62. The van der Waals surface area contributed by atoms with E-state index in [0.29, 0.717) is 5.56 Å². The number of fused-ring (bicyclic) bond motifs is 2. The van der Waals surface area contributed by atoms with Crippen LogP contribution in [0.4, 0.5) is 5.69 Å². The number of aromatic hydroxyl groups is 1. The van der Waals surface area contributed by atoms with Crippen LogP contribution in [0.5, 0.6) is 5.75 Å². The van der Waals surface area contributed by atoms with Gasteiger partial charge in [0, 0.05) is 11.3 Å². The highest BCUT2D eigenvalue weighted by molar-refractivity contribution is 5.96. The number of anilines is 1. The second-order valence-electron chi connectivity index (χ2n) is 6.11. The maximum Gasteiger partial charge on any atom is 0.228 e. The van der Waals surface area contributed by atoms with E-state index in [-0.39, 0.29) is 18.1 Å². The summed E-state index contributed by atoms with van der Waals surface area (Å²) in [6.07, 6.45) is 0.128. The number of phenols is 1. The van der Waals surface area contributed by atoms with Crippen molar-refractivity contribution in [1.29, 1.82) is 0 Å². The molecule has 3 heteroatoms. The van der Waals surface area contributed by atoms with Gasteiger partial charge in [-0.1, -0.05) is 54.6 Å². The molecule has 0 aliphatic heterocycles. The van der Waals surface area contributed by atoms with Crippen LogP contribution in [0.25, 0.3) is 21.5 Å². The minimum Gasteiger partial charge on any atom is -0.508 e. The van der Waals surface area contributed by atoms with Crippen LogP contribution in [0.1, 0.15) is 5.56 Å². The third-order valence-electron chi connectivity index (χ3n) is 4.33. The number of phenolic OH excluding ortho intramolecular Hbond substituents is 1. The zero-order valence-electron chi connectivity index (χ0n) is 13.6. The Bertz CT molecular complexity index is 1090. The molecular weight excluding hydrogens is 310 g/mol. The predicted octanol–water partition coefficient (Wildman–Crippen LogP) is 4.88. The Hall–Kier alpha value is -3.33. The summed E-state index contributed by atoms with van der Waals surface area (Å²) >= 11 is 0. The van der Waals surface area contributed by atoms with Crippen molar-refractivity contribution in [2.24, 2.45) is 0 Å². The van der Waals surface area contributed by atoms with Crippen molar-refractivity contribution in [3.05, 3.63) is 84.4 Å². The van der Waals surface area contributed by atoms with Crippen molar-refractivity contribution < 1.29 is 9.90 Å². The Balaban J connectivity index is 1.56. The Morgan fingerprint density at radius 2 is 1.36 bits per heavy atom. The lowest BCUT2D eigenvalue weighted by molar-refractivity contribution is -0.115. The van der Waals surface area contributed by atoms with Gasteiger partial charge < -0.3 is 10.4 Å². The summed E-state index contributed by atoms with van der Waals surface area (Å²) in [5.74, 6) is -0.00627. The number of nitrogens with one attached hydrogen (secondary N) is 1. The molecule has 0 bridgehead atoms. The van der Waals surface area contributed by atoms with Crippen LogP contribution in [-0.4, -0.2) is 11.0 Å². The molecule has 0 aliphatic carbocycles. The lowest BCUT2D eigenvalue weighted by Gasteiger charge is -2.09. The maximum absolute atomic E-state index is 12.4. The normalized spacial score (nSPS) is 10.9. The summed E-state index contributed by atoms with van der Waals surface area (Å²) in [5.41, 5.74) is 1.38. The quantitative estimate of drug-likeness (QED) is 0.563. The summed E-state index contributed by atoms with van der Waals surface area (Å²) in [5, 5.41) is 17.3. The van der Waals surface area contributed by atoms with Crippen LogP contribution in [-0.2, 0) is 11.2 Å². The molecule has 4 aromatic rings. The first-order chi connectivity index (χ1) is 12.2. The molecule has 0 aromatic heterocycles. The number of carbonyl (C=O) groups is 1. The van der Waals surface area contributed by atoms with E-state index in [1.807, 2.05) is 72.8 Å². The number of hydrogen-bond donors (Lipinski definition) is 2. The molecule has 0 radical (unpaired) electrons. The van der Waals surface area contributed by atoms with E-state index >= 15 is 0 Å². The third kappa shape index (κ3) is 3.17. The van der Waals surface area contributed by atoms with Crippen LogP contribution in [0.15, 0.2) is 78.9 Å². The van der Waals surface area contributed by atoms with Gasteiger partial charge in [0.25, 0.3) is 0 Å². The first kappa shape index (κ1) is 15.2. The van der Waals surface area contributed by atoms with Crippen molar-refractivity contribution in [1.82, 2.24) is 0 Å². The van der Waals surface area contributed by atoms with Gasteiger partial charge in [-0.25, -0.2) is 0 Å². The molecule has 3 nitrogen and oxygen atoms in total. The maximum atomic E-state index is 12.4. The average molecular weight is 327 g/mol. The molecule has 4 aromatic carbocycles. The van der Waals surface area contributed by atoms with Gasteiger partial charge in [0.2, 0.25) is 5.91 Å². The topological polar surface area (TPSA) is 49.3 Å². The minimum absolute atomic E-state index is 0.128. The van der Waals surface area contributed by atoms with Crippen molar-refractivity contribution >= 4 is 33.1 Å². The molecule has 0 unspecified atom stereocenters. The van der Waals surface area contributed by atoms with Gasteiger partial charge >= 0.3 is 0 Å². The fourth-order valence-electron chi connectivity index (χ4n) is 3.06. The highest BCUT2D eigenvalue weighted by atomic mass is 16.3. The summed E-state index contributed by atoms with van der Waals surface area (Å²) in [6, 6.07) is 25.2. The van der Waals surface area contributed by atoms with Gasteiger partial charge in [-0.2, -0.15) is 0 Å². The molecule has 0 aliphatic rings. The SMILES string of the molecule is O=C(Cc1cc2ccccc2cc1O)Nc1ccc2ccccc2c1. The Morgan fingerprint density at radius 1 is 0.760 bits per heavy atom. The van der Waals surface area contributed by atoms with Gasteiger partial charge in [0.1, 0.15) is 5.75 Å². The van der Waals surface area contributed by atoms with Crippen molar-refractivity contribution in [3.63, 3.8) is 0 Å².